The second kappa shape index (κ2) is 7.86. The zero-order valence-corrected chi connectivity index (χ0v) is 16.4. The van der Waals surface area contributed by atoms with Crippen LogP contribution in [0.2, 0.25) is 0 Å². The summed E-state index contributed by atoms with van der Waals surface area (Å²) in [6.07, 6.45) is 9.10. The predicted octanol–water partition coefficient (Wildman–Crippen LogP) is 4.62. The van der Waals surface area contributed by atoms with E-state index in [0.29, 0.717) is 13.2 Å². The molecule has 0 aromatic rings. The third kappa shape index (κ3) is 5.29. The zero-order chi connectivity index (χ0) is 17.8. The fourth-order valence-corrected chi connectivity index (χ4v) is 2.80. The Hall–Kier alpha value is -0.420. The van der Waals surface area contributed by atoms with E-state index in [0.717, 1.165) is 32.1 Å². The Morgan fingerprint density at radius 2 is 1.46 bits per heavy atom. The van der Waals surface area contributed by atoms with Gasteiger partial charge in [-0.25, -0.2) is 0 Å². The minimum Gasteiger partial charge on any atom is -0.373 e. The molecular formula is C20H36O4. The van der Waals surface area contributed by atoms with Crippen molar-refractivity contribution in [2.75, 3.05) is 13.2 Å². The van der Waals surface area contributed by atoms with Gasteiger partial charge in [-0.2, -0.15) is 0 Å². The highest BCUT2D eigenvalue weighted by Gasteiger charge is 2.47. The molecule has 0 N–H and O–H groups in total. The van der Waals surface area contributed by atoms with Crippen LogP contribution in [-0.4, -0.2) is 42.4 Å². The summed E-state index contributed by atoms with van der Waals surface area (Å²) in [5, 5.41) is 0. The first-order chi connectivity index (χ1) is 11.2. The van der Waals surface area contributed by atoms with Gasteiger partial charge in [0.25, 0.3) is 0 Å². The van der Waals surface area contributed by atoms with E-state index in [1.165, 1.54) is 0 Å². The van der Waals surface area contributed by atoms with E-state index >= 15 is 0 Å². The molecule has 2 rings (SSSR count). The lowest BCUT2D eigenvalue weighted by Gasteiger charge is -2.28. The zero-order valence-electron chi connectivity index (χ0n) is 16.4. The van der Waals surface area contributed by atoms with Gasteiger partial charge < -0.3 is 18.9 Å². The number of hydrogen-bond acceptors (Lipinski definition) is 4. The van der Waals surface area contributed by atoms with Crippen molar-refractivity contribution in [2.45, 2.75) is 103 Å². The van der Waals surface area contributed by atoms with Gasteiger partial charge in [-0.1, -0.05) is 19.9 Å². The maximum absolute atomic E-state index is 6.33. The predicted molar refractivity (Wildman–Crippen MR) is 96.1 cm³/mol. The second-order valence-corrected chi connectivity index (χ2v) is 8.27. The van der Waals surface area contributed by atoms with Crippen LogP contribution in [0.25, 0.3) is 0 Å². The Balaban J connectivity index is 2.02. The summed E-state index contributed by atoms with van der Waals surface area (Å²) in [5.74, 6) is -0.576. The van der Waals surface area contributed by atoms with Crippen LogP contribution in [0.15, 0.2) is 12.2 Å². The van der Waals surface area contributed by atoms with Crippen LogP contribution in [-0.2, 0) is 18.9 Å². The Morgan fingerprint density at radius 3 is 1.83 bits per heavy atom. The first-order valence-corrected chi connectivity index (χ1v) is 9.52. The molecule has 0 saturated carbocycles. The highest BCUT2D eigenvalue weighted by Crippen LogP contribution is 2.38. The van der Waals surface area contributed by atoms with E-state index < -0.39 is 5.79 Å². The maximum Gasteiger partial charge on any atom is 0.188 e. The number of hydrogen-bond donors (Lipinski definition) is 0. The van der Waals surface area contributed by atoms with E-state index in [4.69, 9.17) is 18.9 Å². The van der Waals surface area contributed by atoms with Crippen LogP contribution in [0.5, 0.6) is 0 Å². The number of allylic oxidation sites excluding steroid dienone is 1. The lowest BCUT2D eigenvalue weighted by atomic mass is 10.0. The monoisotopic (exact) mass is 340 g/mol. The molecule has 1 aliphatic carbocycles. The molecular weight excluding hydrogens is 304 g/mol. The molecule has 1 aliphatic heterocycles. The molecule has 4 heteroatoms. The minimum absolute atomic E-state index is 0.0915. The molecule has 1 fully saturated rings. The normalized spacial score (nSPS) is 27.1. The van der Waals surface area contributed by atoms with Crippen molar-refractivity contribution in [2.24, 2.45) is 0 Å². The van der Waals surface area contributed by atoms with E-state index in [1.54, 1.807) is 0 Å². The molecule has 0 unspecified atom stereocenters. The van der Waals surface area contributed by atoms with Gasteiger partial charge in [0.05, 0.1) is 24.4 Å². The van der Waals surface area contributed by atoms with Crippen LogP contribution in [0.4, 0.5) is 0 Å². The molecule has 2 atom stereocenters. The van der Waals surface area contributed by atoms with Crippen molar-refractivity contribution in [3.8, 4) is 0 Å². The van der Waals surface area contributed by atoms with E-state index in [2.05, 4.69) is 53.7 Å². The summed E-state index contributed by atoms with van der Waals surface area (Å²) in [6.45, 7) is 13.8. The van der Waals surface area contributed by atoms with E-state index in [-0.39, 0.29) is 23.4 Å². The Kier molecular flexibility index (Phi) is 6.52. The molecule has 24 heavy (non-hydrogen) atoms. The molecule has 4 nitrogen and oxygen atoms in total. The third-order valence-corrected chi connectivity index (χ3v) is 5.36. The third-order valence-electron chi connectivity index (χ3n) is 5.36. The molecule has 2 aliphatic rings. The topological polar surface area (TPSA) is 36.9 Å². The largest absolute Gasteiger partial charge is 0.373 e. The van der Waals surface area contributed by atoms with Crippen molar-refractivity contribution in [3.63, 3.8) is 0 Å². The molecule has 0 amide bonds. The van der Waals surface area contributed by atoms with Gasteiger partial charge in [0.15, 0.2) is 5.79 Å². The van der Waals surface area contributed by atoms with Crippen molar-refractivity contribution in [1.82, 2.24) is 0 Å². The standard InChI is InChI=1S/C20H36O4/c1-7-18(3,4)21-14-16-17(15-22-19(5,6)8-2)24-20(23-16)12-10-9-11-13-20/h10,12,16-17H,7-9,11,13-15H2,1-6H3/t16-,17-/m0/s1. The van der Waals surface area contributed by atoms with Crippen LogP contribution in [0, 0.1) is 0 Å². The smallest absolute Gasteiger partial charge is 0.188 e. The molecule has 0 radical (unpaired) electrons. The summed E-state index contributed by atoms with van der Waals surface area (Å²) in [5.41, 5.74) is -0.286. The van der Waals surface area contributed by atoms with Gasteiger partial charge in [0, 0.05) is 6.42 Å². The Bertz CT molecular complexity index is 399. The summed E-state index contributed by atoms with van der Waals surface area (Å²) >= 11 is 0. The lowest BCUT2D eigenvalue weighted by molar-refractivity contribution is -0.160. The Morgan fingerprint density at radius 1 is 0.958 bits per heavy atom. The van der Waals surface area contributed by atoms with Gasteiger partial charge in [-0.3, -0.25) is 0 Å². The summed E-state index contributed by atoms with van der Waals surface area (Å²) in [6, 6.07) is 0. The number of ether oxygens (including phenoxy) is 4. The van der Waals surface area contributed by atoms with Gasteiger partial charge in [-0.05, 0) is 59.5 Å². The Labute approximate surface area is 147 Å². The molecule has 1 heterocycles. The molecule has 140 valence electrons. The van der Waals surface area contributed by atoms with Crippen LogP contribution >= 0.6 is 0 Å². The van der Waals surface area contributed by atoms with Crippen molar-refractivity contribution in [3.05, 3.63) is 12.2 Å². The SMILES string of the molecule is CCC(C)(C)OC[C@@H]1OC2(C=CCCC2)O[C@H]1COC(C)(C)CC. The molecule has 0 aromatic heterocycles. The lowest BCUT2D eigenvalue weighted by Crippen LogP contribution is -2.38. The quantitative estimate of drug-likeness (QED) is 0.604. The molecule has 0 bridgehead atoms. The first kappa shape index (κ1) is 19.9. The van der Waals surface area contributed by atoms with Crippen molar-refractivity contribution >= 4 is 0 Å². The molecule has 1 spiro atoms. The highest BCUT2D eigenvalue weighted by atomic mass is 16.8. The molecule has 0 aromatic carbocycles. The second-order valence-electron chi connectivity index (χ2n) is 8.27. The van der Waals surface area contributed by atoms with Crippen LogP contribution in [0.1, 0.15) is 73.6 Å². The van der Waals surface area contributed by atoms with Gasteiger partial charge in [-0.15, -0.1) is 0 Å². The van der Waals surface area contributed by atoms with E-state index in [9.17, 15) is 0 Å². The van der Waals surface area contributed by atoms with Gasteiger partial charge in [0.1, 0.15) is 12.2 Å². The number of rotatable bonds is 8. The fourth-order valence-electron chi connectivity index (χ4n) is 2.80. The summed E-state index contributed by atoms with van der Waals surface area (Å²) in [4.78, 5) is 0. The van der Waals surface area contributed by atoms with Crippen molar-refractivity contribution < 1.29 is 18.9 Å². The van der Waals surface area contributed by atoms with Crippen LogP contribution < -0.4 is 0 Å². The average Bonchev–Trinajstić information content (AvgIpc) is 2.89. The fraction of sp³-hybridized carbons (Fsp3) is 0.900. The van der Waals surface area contributed by atoms with Gasteiger partial charge in [0.2, 0.25) is 0 Å². The molecule has 1 saturated heterocycles. The maximum atomic E-state index is 6.33. The first-order valence-electron chi connectivity index (χ1n) is 9.52. The summed E-state index contributed by atoms with van der Waals surface area (Å²) in [7, 11) is 0. The van der Waals surface area contributed by atoms with Crippen molar-refractivity contribution in [1.29, 1.82) is 0 Å². The van der Waals surface area contributed by atoms with Gasteiger partial charge >= 0.3 is 0 Å². The summed E-state index contributed by atoms with van der Waals surface area (Å²) < 4.78 is 24.9. The van der Waals surface area contributed by atoms with Crippen LogP contribution in [0.3, 0.4) is 0 Å². The van der Waals surface area contributed by atoms with E-state index in [1.807, 2.05) is 0 Å². The average molecular weight is 341 g/mol. The highest BCUT2D eigenvalue weighted by molar-refractivity contribution is 5.05. The minimum atomic E-state index is -0.576.